The molecule has 0 aliphatic heterocycles. The second-order valence-electron chi connectivity index (χ2n) is 7.83. The zero-order chi connectivity index (χ0) is 22.7. The maximum absolute atomic E-state index is 12.6. The maximum Gasteiger partial charge on any atom is 0.249 e. The Kier molecular flexibility index (Phi) is 6.08. The molecular formula is C27H26N2O3. The van der Waals surface area contributed by atoms with Crippen molar-refractivity contribution < 1.29 is 13.9 Å². The summed E-state index contributed by atoms with van der Waals surface area (Å²) in [6, 6.07) is 15.9. The monoisotopic (exact) mass is 426 g/mol. The van der Waals surface area contributed by atoms with Gasteiger partial charge in [0.25, 0.3) is 0 Å². The van der Waals surface area contributed by atoms with Gasteiger partial charge in [0.1, 0.15) is 17.2 Å². The van der Waals surface area contributed by atoms with Crippen LogP contribution in [0.15, 0.2) is 71.5 Å². The fourth-order valence-corrected chi connectivity index (χ4v) is 3.57. The Morgan fingerprint density at radius 1 is 1.09 bits per heavy atom. The third-order valence-electron chi connectivity index (χ3n) is 5.27. The second-order valence-corrected chi connectivity index (χ2v) is 7.83. The van der Waals surface area contributed by atoms with Crippen LogP contribution >= 0.6 is 0 Å². The van der Waals surface area contributed by atoms with Gasteiger partial charge in [-0.05, 0) is 56.5 Å². The molecule has 0 saturated heterocycles. The molecule has 0 aliphatic carbocycles. The predicted octanol–water partition coefficient (Wildman–Crippen LogP) is 6.55. The topological polar surface area (TPSA) is 64.4 Å². The molecule has 0 spiro atoms. The molecule has 0 bridgehead atoms. The molecule has 4 rings (SSSR count). The van der Waals surface area contributed by atoms with Gasteiger partial charge in [-0.1, -0.05) is 35.9 Å². The molecule has 2 aromatic carbocycles. The average Bonchev–Trinajstić information content (AvgIpc) is 3.18. The van der Waals surface area contributed by atoms with Crippen LogP contribution in [0, 0.1) is 13.8 Å². The number of fused-ring (bicyclic) bond motifs is 1. The van der Waals surface area contributed by atoms with Crippen LogP contribution in [0.25, 0.3) is 27.7 Å². The van der Waals surface area contributed by atoms with E-state index < -0.39 is 0 Å². The van der Waals surface area contributed by atoms with Crippen LogP contribution in [0.3, 0.4) is 0 Å². The molecule has 2 heterocycles. The fourth-order valence-electron chi connectivity index (χ4n) is 3.57. The first-order valence-corrected chi connectivity index (χ1v) is 10.6. The van der Waals surface area contributed by atoms with Gasteiger partial charge in [-0.2, -0.15) is 0 Å². The number of anilines is 1. The molecule has 2 aromatic heterocycles. The molecule has 0 radical (unpaired) electrons. The van der Waals surface area contributed by atoms with Gasteiger partial charge in [0.2, 0.25) is 5.91 Å². The van der Waals surface area contributed by atoms with Crippen LogP contribution < -0.4 is 10.1 Å². The summed E-state index contributed by atoms with van der Waals surface area (Å²) in [5.41, 5.74) is 6.70. The van der Waals surface area contributed by atoms with Crippen LogP contribution in [0.1, 0.15) is 30.5 Å². The van der Waals surface area contributed by atoms with E-state index in [9.17, 15) is 4.79 Å². The van der Waals surface area contributed by atoms with Crippen molar-refractivity contribution in [3.05, 3.63) is 83.8 Å². The zero-order valence-electron chi connectivity index (χ0n) is 18.7. The molecule has 1 N–H and O–H groups in total. The van der Waals surface area contributed by atoms with E-state index in [1.165, 1.54) is 5.56 Å². The van der Waals surface area contributed by atoms with Crippen molar-refractivity contribution >= 4 is 28.3 Å². The van der Waals surface area contributed by atoms with Crippen molar-refractivity contribution in [3.8, 4) is 16.9 Å². The Balaban J connectivity index is 1.71. The molecule has 162 valence electrons. The highest BCUT2D eigenvalue weighted by atomic mass is 16.5. The Bertz CT molecular complexity index is 1280. The number of rotatable bonds is 6. The molecule has 0 fully saturated rings. The molecule has 0 aliphatic rings. The molecule has 32 heavy (non-hydrogen) atoms. The van der Waals surface area contributed by atoms with Crippen LogP contribution in [0.2, 0.25) is 0 Å². The zero-order valence-corrected chi connectivity index (χ0v) is 18.7. The quantitative estimate of drug-likeness (QED) is 0.355. The minimum absolute atomic E-state index is 0.243. The van der Waals surface area contributed by atoms with Gasteiger partial charge >= 0.3 is 0 Å². The number of furan rings is 1. The Labute approximate surface area is 187 Å². The summed E-state index contributed by atoms with van der Waals surface area (Å²) in [6.45, 7) is 8.36. The number of ether oxygens (including phenoxy) is 1. The SMILES string of the molecule is CCOc1cc2occ(-c3ccc(C)cc3)c2cc1/C(C)=C/C(=O)Nc1ccc(C)cn1. The van der Waals surface area contributed by atoms with Gasteiger partial charge < -0.3 is 14.5 Å². The number of hydrogen-bond donors (Lipinski definition) is 1. The molecule has 1 amide bonds. The molecule has 5 heteroatoms. The number of benzene rings is 2. The van der Waals surface area contributed by atoms with E-state index in [0.29, 0.717) is 18.2 Å². The third-order valence-corrected chi connectivity index (χ3v) is 5.27. The van der Waals surface area contributed by atoms with Crippen molar-refractivity contribution in [3.63, 3.8) is 0 Å². The molecule has 5 nitrogen and oxygen atoms in total. The van der Waals surface area contributed by atoms with Gasteiger partial charge in [-0.15, -0.1) is 0 Å². The van der Waals surface area contributed by atoms with E-state index in [1.807, 2.05) is 39.0 Å². The lowest BCUT2D eigenvalue weighted by molar-refractivity contribution is -0.111. The molecule has 0 atom stereocenters. The number of amides is 1. The van der Waals surface area contributed by atoms with Crippen LogP contribution in [-0.4, -0.2) is 17.5 Å². The average molecular weight is 427 g/mol. The normalized spacial score (nSPS) is 11.6. The second kappa shape index (κ2) is 9.10. The third kappa shape index (κ3) is 4.57. The van der Waals surface area contributed by atoms with E-state index in [-0.39, 0.29) is 5.91 Å². The number of pyridine rings is 1. The summed E-state index contributed by atoms with van der Waals surface area (Å²) >= 11 is 0. The lowest BCUT2D eigenvalue weighted by Gasteiger charge is -2.12. The first kappa shape index (κ1) is 21.4. The summed E-state index contributed by atoms with van der Waals surface area (Å²) in [5, 5.41) is 3.78. The minimum atomic E-state index is -0.243. The lowest BCUT2D eigenvalue weighted by Crippen LogP contribution is -2.10. The van der Waals surface area contributed by atoms with Crippen molar-refractivity contribution in [2.45, 2.75) is 27.7 Å². The van der Waals surface area contributed by atoms with Gasteiger partial charge in [0.05, 0.1) is 12.9 Å². The number of nitrogens with zero attached hydrogens (tertiary/aromatic N) is 1. The van der Waals surface area contributed by atoms with E-state index in [2.05, 4.69) is 41.5 Å². The van der Waals surface area contributed by atoms with E-state index in [1.54, 1.807) is 24.6 Å². The van der Waals surface area contributed by atoms with Crippen molar-refractivity contribution in [2.75, 3.05) is 11.9 Å². The highest BCUT2D eigenvalue weighted by molar-refractivity contribution is 6.05. The first-order valence-electron chi connectivity index (χ1n) is 10.6. The summed E-state index contributed by atoms with van der Waals surface area (Å²) in [5.74, 6) is 0.953. The Hall–Kier alpha value is -3.86. The summed E-state index contributed by atoms with van der Waals surface area (Å²) in [4.78, 5) is 16.8. The predicted molar refractivity (Wildman–Crippen MR) is 129 cm³/mol. The minimum Gasteiger partial charge on any atom is -0.493 e. The van der Waals surface area contributed by atoms with E-state index in [0.717, 1.165) is 38.8 Å². The highest BCUT2D eigenvalue weighted by Crippen LogP contribution is 2.37. The smallest absolute Gasteiger partial charge is 0.249 e. The largest absolute Gasteiger partial charge is 0.493 e. The lowest BCUT2D eigenvalue weighted by atomic mass is 9.99. The Morgan fingerprint density at radius 2 is 1.84 bits per heavy atom. The molecular weight excluding hydrogens is 400 g/mol. The standard InChI is InChI=1S/C27H26N2O3/c1-5-31-24-14-25-22(23(16-32-25)20-9-6-17(2)7-10-20)13-21(24)19(4)12-27(30)29-26-11-8-18(3)15-28-26/h6-16H,5H2,1-4H3,(H,28,29,30)/b19-12+. The number of aromatic nitrogens is 1. The van der Waals surface area contributed by atoms with Gasteiger partial charge in [-0.3, -0.25) is 4.79 Å². The van der Waals surface area contributed by atoms with Crippen LogP contribution in [0.4, 0.5) is 5.82 Å². The molecule has 4 aromatic rings. The number of carbonyl (C=O) groups is 1. The van der Waals surface area contributed by atoms with E-state index >= 15 is 0 Å². The summed E-state index contributed by atoms with van der Waals surface area (Å²) in [7, 11) is 0. The van der Waals surface area contributed by atoms with Gasteiger partial charge in [-0.25, -0.2) is 4.98 Å². The van der Waals surface area contributed by atoms with Gasteiger partial charge in [0, 0.05) is 34.9 Å². The van der Waals surface area contributed by atoms with Crippen LogP contribution in [0.5, 0.6) is 5.75 Å². The van der Waals surface area contributed by atoms with Crippen molar-refractivity contribution in [1.29, 1.82) is 0 Å². The molecule has 0 saturated carbocycles. The Morgan fingerprint density at radius 3 is 2.53 bits per heavy atom. The maximum atomic E-state index is 12.6. The summed E-state index contributed by atoms with van der Waals surface area (Å²) in [6.07, 6.45) is 5.05. The number of aryl methyl sites for hydroxylation is 2. The van der Waals surface area contributed by atoms with E-state index in [4.69, 9.17) is 9.15 Å². The highest BCUT2D eigenvalue weighted by Gasteiger charge is 2.15. The van der Waals surface area contributed by atoms with Gasteiger partial charge in [0.15, 0.2) is 0 Å². The number of carbonyl (C=O) groups excluding carboxylic acids is 1. The number of hydrogen-bond acceptors (Lipinski definition) is 4. The van der Waals surface area contributed by atoms with Crippen molar-refractivity contribution in [2.24, 2.45) is 0 Å². The number of nitrogens with one attached hydrogen (secondary N) is 1. The number of allylic oxidation sites excluding steroid dienone is 1. The first-order chi connectivity index (χ1) is 15.4. The molecule has 0 unspecified atom stereocenters. The summed E-state index contributed by atoms with van der Waals surface area (Å²) < 4.78 is 11.7. The van der Waals surface area contributed by atoms with Crippen molar-refractivity contribution in [1.82, 2.24) is 4.98 Å². The van der Waals surface area contributed by atoms with Crippen LogP contribution in [-0.2, 0) is 4.79 Å². The fraction of sp³-hybridized carbons (Fsp3) is 0.185.